The Morgan fingerprint density at radius 2 is 2.13 bits per heavy atom. The van der Waals surface area contributed by atoms with Crippen LogP contribution < -0.4 is 4.74 Å². The number of fused-ring (bicyclic) bond motifs is 1. The van der Waals surface area contributed by atoms with Crippen LogP contribution in [0.3, 0.4) is 0 Å². The topological polar surface area (TPSA) is 79.4 Å². The predicted molar refractivity (Wildman–Crippen MR) is 106 cm³/mol. The Kier molecular flexibility index (Phi) is 4.36. The lowest BCUT2D eigenvalue weighted by Crippen LogP contribution is -2.54. The summed E-state index contributed by atoms with van der Waals surface area (Å²) in [5.41, 5.74) is 0.211. The molecule has 4 aliphatic heterocycles. The number of carbonyl (C=O) groups excluding carboxylic acids is 3. The lowest BCUT2D eigenvalue weighted by Gasteiger charge is -2.35. The monoisotopic (exact) mass is 411 g/mol. The Hall–Kier alpha value is -2.87. The molecule has 3 fully saturated rings. The van der Waals surface area contributed by atoms with Gasteiger partial charge in [0.15, 0.2) is 0 Å². The van der Waals surface area contributed by atoms with E-state index in [2.05, 4.69) is 0 Å². The van der Waals surface area contributed by atoms with E-state index in [4.69, 9.17) is 9.47 Å². The molecule has 0 radical (unpaired) electrons. The minimum absolute atomic E-state index is 0.0592. The van der Waals surface area contributed by atoms with Crippen molar-refractivity contribution in [3.05, 3.63) is 42.0 Å². The van der Waals surface area contributed by atoms with Gasteiger partial charge in [0.2, 0.25) is 17.7 Å². The van der Waals surface area contributed by atoms with Gasteiger partial charge in [0.05, 0.1) is 38.1 Å². The minimum Gasteiger partial charge on any atom is -0.497 e. The maximum atomic E-state index is 13.4. The van der Waals surface area contributed by atoms with E-state index in [1.165, 1.54) is 0 Å². The van der Waals surface area contributed by atoms with Gasteiger partial charge >= 0.3 is 0 Å². The highest BCUT2D eigenvalue weighted by Crippen LogP contribution is 2.52. The number of amides is 3. The van der Waals surface area contributed by atoms with E-state index < -0.39 is 23.5 Å². The molecule has 8 heteroatoms. The zero-order valence-electron chi connectivity index (χ0n) is 17.1. The zero-order valence-corrected chi connectivity index (χ0v) is 17.1. The van der Waals surface area contributed by atoms with Crippen LogP contribution in [0.1, 0.15) is 5.56 Å². The van der Waals surface area contributed by atoms with Crippen molar-refractivity contribution in [3.8, 4) is 5.75 Å². The molecule has 0 aliphatic carbocycles. The standard InChI is InChI=1S/C22H25N3O5/c1-23-8-9-24(12-17(23)26)20(27)18-16-6-7-22(30-16)13-25(21(28)19(18)22)11-14-4-3-5-15(10-14)29-2/h3-7,10,16,18-19H,8-9,11-13H2,1-2H3/t16-,18?,19?,22-/m0/s1. The third kappa shape index (κ3) is 2.81. The van der Waals surface area contributed by atoms with Crippen molar-refractivity contribution in [3.63, 3.8) is 0 Å². The first-order chi connectivity index (χ1) is 14.4. The summed E-state index contributed by atoms with van der Waals surface area (Å²) in [6.45, 7) is 1.90. The van der Waals surface area contributed by atoms with Crippen molar-refractivity contribution in [2.45, 2.75) is 18.2 Å². The zero-order chi connectivity index (χ0) is 21.0. The Morgan fingerprint density at radius 1 is 1.30 bits per heavy atom. The van der Waals surface area contributed by atoms with Gasteiger partial charge in [0.25, 0.3) is 0 Å². The highest BCUT2D eigenvalue weighted by molar-refractivity contribution is 5.94. The first-order valence-corrected chi connectivity index (χ1v) is 10.2. The third-order valence-corrected chi connectivity index (χ3v) is 6.74. The Labute approximate surface area is 175 Å². The van der Waals surface area contributed by atoms with Crippen molar-refractivity contribution in [2.75, 3.05) is 40.3 Å². The summed E-state index contributed by atoms with van der Waals surface area (Å²) >= 11 is 0. The Balaban J connectivity index is 1.37. The largest absolute Gasteiger partial charge is 0.497 e. The van der Waals surface area contributed by atoms with Crippen molar-refractivity contribution >= 4 is 17.7 Å². The molecule has 1 aromatic carbocycles. The highest BCUT2D eigenvalue weighted by atomic mass is 16.5. The molecule has 8 nitrogen and oxygen atoms in total. The average Bonchev–Trinajstić information content (AvgIpc) is 3.38. The molecule has 5 rings (SSSR count). The second-order valence-corrected chi connectivity index (χ2v) is 8.52. The number of ether oxygens (including phenoxy) is 2. The first-order valence-electron chi connectivity index (χ1n) is 10.2. The summed E-state index contributed by atoms with van der Waals surface area (Å²) in [4.78, 5) is 43.8. The van der Waals surface area contributed by atoms with Gasteiger partial charge in [-0.15, -0.1) is 0 Å². The van der Waals surface area contributed by atoms with Gasteiger partial charge in [-0.25, -0.2) is 0 Å². The number of nitrogens with zero attached hydrogens (tertiary/aromatic N) is 3. The molecule has 3 saturated heterocycles. The summed E-state index contributed by atoms with van der Waals surface area (Å²) in [5.74, 6) is -0.684. The molecule has 158 valence electrons. The van der Waals surface area contributed by atoms with Crippen LogP contribution in [-0.2, 0) is 25.7 Å². The lowest BCUT2D eigenvalue weighted by atomic mass is 9.76. The van der Waals surface area contributed by atoms with Gasteiger partial charge < -0.3 is 24.2 Å². The molecule has 2 unspecified atom stereocenters. The van der Waals surface area contributed by atoms with E-state index in [0.717, 1.165) is 11.3 Å². The van der Waals surface area contributed by atoms with E-state index in [-0.39, 0.29) is 24.3 Å². The molecule has 1 aromatic rings. The van der Waals surface area contributed by atoms with E-state index in [1.54, 1.807) is 28.9 Å². The van der Waals surface area contributed by atoms with Crippen molar-refractivity contribution < 1.29 is 23.9 Å². The number of piperazine rings is 1. The normalized spacial score (nSPS) is 32.2. The van der Waals surface area contributed by atoms with E-state index in [1.807, 2.05) is 36.4 Å². The number of benzene rings is 1. The molecule has 4 heterocycles. The molecule has 0 saturated carbocycles. The maximum Gasteiger partial charge on any atom is 0.241 e. The molecular weight excluding hydrogens is 386 g/mol. The molecule has 4 aliphatic rings. The number of methoxy groups -OCH3 is 1. The number of hydrogen-bond acceptors (Lipinski definition) is 5. The smallest absolute Gasteiger partial charge is 0.241 e. The van der Waals surface area contributed by atoms with Crippen LogP contribution in [0, 0.1) is 11.8 Å². The fourth-order valence-corrected chi connectivity index (χ4v) is 5.14. The number of rotatable bonds is 4. The molecule has 4 atom stereocenters. The van der Waals surface area contributed by atoms with Gasteiger partial charge in [0, 0.05) is 26.7 Å². The fourth-order valence-electron chi connectivity index (χ4n) is 5.14. The summed E-state index contributed by atoms with van der Waals surface area (Å²) < 4.78 is 11.5. The fraction of sp³-hybridized carbons (Fsp3) is 0.500. The number of likely N-dealkylation sites (tertiary alicyclic amines) is 1. The SMILES string of the molecule is COc1cccc(CN2C[C@]34C=C[C@H](O3)C(C(=O)N3CCN(C)C(=O)C3)C4C2=O)c1. The molecular formula is C22H25N3O5. The van der Waals surface area contributed by atoms with Gasteiger partial charge in [-0.3, -0.25) is 14.4 Å². The van der Waals surface area contributed by atoms with Crippen LogP contribution in [0.25, 0.3) is 0 Å². The Bertz CT molecular complexity index is 946. The Morgan fingerprint density at radius 3 is 2.90 bits per heavy atom. The van der Waals surface area contributed by atoms with E-state index in [9.17, 15) is 14.4 Å². The number of likely N-dealkylation sites (N-methyl/N-ethyl adjacent to an activating group) is 1. The molecule has 3 amide bonds. The average molecular weight is 411 g/mol. The molecule has 1 spiro atoms. The van der Waals surface area contributed by atoms with Crippen molar-refractivity contribution in [1.82, 2.24) is 14.7 Å². The van der Waals surface area contributed by atoms with Crippen LogP contribution >= 0.6 is 0 Å². The summed E-state index contributed by atoms with van der Waals surface area (Å²) in [5, 5.41) is 0. The van der Waals surface area contributed by atoms with Crippen LogP contribution in [0.15, 0.2) is 36.4 Å². The van der Waals surface area contributed by atoms with Crippen LogP contribution in [0.5, 0.6) is 5.75 Å². The lowest BCUT2D eigenvalue weighted by molar-refractivity contribution is -0.149. The summed E-state index contributed by atoms with van der Waals surface area (Å²) in [7, 11) is 3.35. The predicted octanol–water partition coefficient (Wildman–Crippen LogP) is 0.278. The van der Waals surface area contributed by atoms with Gasteiger partial charge in [-0.05, 0) is 17.7 Å². The van der Waals surface area contributed by atoms with Crippen molar-refractivity contribution in [2.24, 2.45) is 11.8 Å². The van der Waals surface area contributed by atoms with Crippen molar-refractivity contribution in [1.29, 1.82) is 0 Å². The van der Waals surface area contributed by atoms with E-state index in [0.29, 0.717) is 26.2 Å². The number of hydrogen-bond donors (Lipinski definition) is 0. The molecule has 30 heavy (non-hydrogen) atoms. The van der Waals surface area contributed by atoms with Gasteiger partial charge in [0.1, 0.15) is 11.4 Å². The first kappa shape index (κ1) is 19.1. The van der Waals surface area contributed by atoms with E-state index >= 15 is 0 Å². The quantitative estimate of drug-likeness (QED) is 0.665. The van der Waals surface area contributed by atoms with Gasteiger partial charge in [-0.2, -0.15) is 0 Å². The van der Waals surface area contributed by atoms with Crippen LogP contribution in [-0.4, -0.2) is 84.5 Å². The van der Waals surface area contributed by atoms with Gasteiger partial charge in [-0.1, -0.05) is 24.3 Å². The summed E-state index contributed by atoms with van der Waals surface area (Å²) in [6, 6.07) is 7.62. The highest BCUT2D eigenvalue weighted by Gasteiger charge is 2.67. The van der Waals surface area contributed by atoms with Crippen LogP contribution in [0.2, 0.25) is 0 Å². The second-order valence-electron chi connectivity index (χ2n) is 8.52. The molecule has 0 N–H and O–H groups in total. The maximum absolute atomic E-state index is 13.4. The summed E-state index contributed by atoms with van der Waals surface area (Å²) in [6.07, 6.45) is 3.45. The molecule has 2 bridgehead atoms. The van der Waals surface area contributed by atoms with Crippen LogP contribution in [0.4, 0.5) is 0 Å². The number of carbonyl (C=O) groups is 3. The second kappa shape index (κ2) is 6.84. The molecule has 0 aromatic heterocycles. The minimum atomic E-state index is -0.752. The third-order valence-electron chi connectivity index (χ3n) is 6.74.